The average molecular weight is 360 g/mol. The molecule has 0 atom stereocenters. The van der Waals surface area contributed by atoms with Crippen molar-refractivity contribution in [2.24, 2.45) is 0 Å². The van der Waals surface area contributed by atoms with Crippen LogP contribution in [0.25, 0.3) is 20.4 Å². The fourth-order valence-electron chi connectivity index (χ4n) is 2.54. The zero-order chi connectivity index (χ0) is 16.0. The van der Waals surface area contributed by atoms with Crippen molar-refractivity contribution in [3.05, 3.63) is 68.3 Å². The first-order valence-corrected chi connectivity index (χ1v) is 8.49. The Balaban J connectivity index is 1.98. The van der Waals surface area contributed by atoms with E-state index >= 15 is 0 Å². The smallest absolute Gasteiger partial charge is 0.272 e. The van der Waals surface area contributed by atoms with Gasteiger partial charge < -0.3 is 4.98 Å². The molecule has 0 aliphatic carbocycles. The van der Waals surface area contributed by atoms with Crippen LogP contribution in [-0.4, -0.2) is 14.5 Å². The fraction of sp³-hybridized carbons (Fsp3) is 0.0625. The van der Waals surface area contributed by atoms with E-state index in [1.165, 1.54) is 15.9 Å². The fourth-order valence-corrected chi connectivity index (χ4v) is 4.03. The number of thiophene rings is 1. The average Bonchev–Trinajstić information content (AvgIpc) is 2.92. The molecule has 0 amide bonds. The number of fused-ring (bicyclic) bond motifs is 3. The molecule has 0 spiro atoms. The number of nitrogens with one attached hydrogen (secondary N) is 1. The largest absolute Gasteiger partial charge is 0.330 e. The second kappa shape index (κ2) is 5.56. The van der Waals surface area contributed by atoms with E-state index in [9.17, 15) is 4.79 Å². The highest BCUT2D eigenvalue weighted by atomic mass is 35.5. The Kier molecular flexibility index (Phi) is 3.52. The van der Waals surface area contributed by atoms with Crippen molar-refractivity contribution in [2.45, 2.75) is 6.54 Å². The topological polar surface area (TPSA) is 50.7 Å². The van der Waals surface area contributed by atoms with Gasteiger partial charge in [-0.1, -0.05) is 29.8 Å². The van der Waals surface area contributed by atoms with E-state index in [-0.39, 0.29) is 5.56 Å². The van der Waals surface area contributed by atoms with Gasteiger partial charge in [0.1, 0.15) is 9.53 Å². The summed E-state index contributed by atoms with van der Waals surface area (Å²) in [7, 11) is 0. The summed E-state index contributed by atoms with van der Waals surface area (Å²) in [5.41, 5.74) is 1.49. The van der Waals surface area contributed by atoms with E-state index in [1.54, 1.807) is 12.3 Å². The van der Waals surface area contributed by atoms with Gasteiger partial charge in [-0.05, 0) is 36.0 Å². The van der Waals surface area contributed by atoms with Crippen molar-refractivity contribution in [1.29, 1.82) is 0 Å². The molecule has 23 heavy (non-hydrogen) atoms. The summed E-state index contributed by atoms with van der Waals surface area (Å²) >= 11 is 13.0. The van der Waals surface area contributed by atoms with Crippen LogP contribution in [0.1, 0.15) is 5.56 Å². The van der Waals surface area contributed by atoms with Gasteiger partial charge in [-0.25, -0.2) is 4.98 Å². The maximum Gasteiger partial charge on any atom is 0.272 e. The van der Waals surface area contributed by atoms with Gasteiger partial charge in [0.25, 0.3) is 5.56 Å². The monoisotopic (exact) mass is 359 g/mol. The number of pyridine rings is 1. The van der Waals surface area contributed by atoms with Crippen LogP contribution >= 0.6 is 35.2 Å². The third-order valence-electron chi connectivity index (χ3n) is 3.67. The van der Waals surface area contributed by atoms with Crippen LogP contribution in [0.4, 0.5) is 0 Å². The number of H-pyrrole nitrogens is 1. The molecule has 0 unspecified atom stereocenters. The molecule has 0 aliphatic heterocycles. The second-order valence-corrected chi connectivity index (χ2v) is 6.87. The van der Waals surface area contributed by atoms with Gasteiger partial charge in [0, 0.05) is 16.6 Å². The zero-order valence-corrected chi connectivity index (χ0v) is 14.1. The number of hydrogen-bond acceptors (Lipinski definition) is 4. The SMILES string of the molecule is O=c1c2sc3ncccc3c2[nH]c(=S)n1Cc1ccccc1Cl. The van der Waals surface area contributed by atoms with Crippen LogP contribution in [0.15, 0.2) is 47.4 Å². The highest BCUT2D eigenvalue weighted by Gasteiger charge is 2.13. The zero-order valence-electron chi connectivity index (χ0n) is 11.7. The Morgan fingerprint density at radius 3 is 2.91 bits per heavy atom. The number of hydrogen-bond donors (Lipinski definition) is 1. The van der Waals surface area contributed by atoms with Crippen molar-refractivity contribution in [3.8, 4) is 0 Å². The van der Waals surface area contributed by atoms with Crippen molar-refractivity contribution in [1.82, 2.24) is 14.5 Å². The Labute approximate surface area is 145 Å². The van der Waals surface area contributed by atoms with E-state index in [1.807, 2.05) is 30.3 Å². The molecule has 0 fully saturated rings. The predicted octanol–water partition coefficient (Wildman–Crippen LogP) is 4.37. The van der Waals surface area contributed by atoms with Gasteiger partial charge >= 0.3 is 0 Å². The van der Waals surface area contributed by atoms with Crippen LogP contribution in [0.3, 0.4) is 0 Å². The second-order valence-electron chi connectivity index (χ2n) is 5.08. The van der Waals surface area contributed by atoms with Gasteiger partial charge in [0.15, 0.2) is 4.77 Å². The lowest BCUT2D eigenvalue weighted by atomic mass is 10.2. The maximum absolute atomic E-state index is 12.9. The van der Waals surface area contributed by atoms with E-state index in [0.717, 1.165) is 21.3 Å². The minimum atomic E-state index is -0.119. The molecule has 0 saturated heterocycles. The van der Waals surface area contributed by atoms with Crippen LogP contribution in [0.2, 0.25) is 5.02 Å². The van der Waals surface area contributed by atoms with E-state index in [4.69, 9.17) is 23.8 Å². The highest BCUT2D eigenvalue weighted by molar-refractivity contribution is 7.71. The molecule has 0 aliphatic rings. The summed E-state index contributed by atoms with van der Waals surface area (Å²) in [6.45, 7) is 0.339. The summed E-state index contributed by atoms with van der Waals surface area (Å²) in [5, 5.41) is 1.53. The van der Waals surface area contributed by atoms with Gasteiger partial charge in [0.2, 0.25) is 0 Å². The number of rotatable bonds is 2. The number of aromatic nitrogens is 3. The normalized spacial score (nSPS) is 11.3. The van der Waals surface area contributed by atoms with E-state index in [2.05, 4.69) is 9.97 Å². The lowest BCUT2D eigenvalue weighted by Crippen LogP contribution is -2.22. The third-order valence-corrected chi connectivity index (χ3v) is 5.46. The Hall–Kier alpha value is -2.02. The minimum Gasteiger partial charge on any atom is -0.330 e. The summed E-state index contributed by atoms with van der Waals surface area (Å²) in [6.07, 6.45) is 1.72. The summed E-state index contributed by atoms with van der Waals surface area (Å²) in [5.74, 6) is 0. The Bertz CT molecular complexity index is 1160. The molecule has 0 bridgehead atoms. The first-order valence-electron chi connectivity index (χ1n) is 6.89. The molecule has 114 valence electrons. The minimum absolute atomic E-state index is 0.119. The maximum atomic E-state index is 12.9. The van der Waals surface area contributed by atoms with Crippen LogP contribution in [-0.2, 0) is 6.54 Å². The van der Waals surface area contributed by atoms with Crippen LogP contribution in [0, 0.1) is 4.77 Å². The summed E-state index contributed by atoms with van der Waals surface area (Å²) in [4.78, 5) is 21.1. The van der Waals surface area contributed by atoms with Crippen molar-refractivity contribution in [3.63, 3.8) is 0 Å². The molecule has 4 aromatic rings. The molecule has 3 aromatic heterocycles. The summed E-state index contributed by atoms with van der Waals surface area (Å²) in [6, 6.07) is 11.2. The van der Waals surface area contributed by atoms with Crippen LogP contribution < -0.4 is 5.56 Å². The Morgan fingerprint density at radius 2 is 2.09 bits per heavy atom. The van der Waals surface area contributed by atoms with Gasteiger partial charge in [0.05, 0.1) is 12.1 Å². The number of aromatic amines is 1. The predicted molar refractivity (Wildman–Crippen MR) is 97.1 cm³/mol. The molecule has 4 rings (SSSR count). The molecule has 1 aromatic carbocycles. The molecule has 4 nitrogen and oxygen atoms in total. The highest BCUT2D eigenvalue weighted by Crippen LogP contribution is 2.28. The molecule has 1 N–H and O–H groups in total. The van der Waals surface area contributed by atoms with Gasteiger partial charge in [-0.3, -0.25) is 9.36 Å². The molecule has 0 saturated carbocycles. The lowest BCUT2D eigenvalue weighted by molar-refractivity contribution is 0.736. The first-order chi connectivity index (χ1) is 11.1. The molecule has 0 radical (unpaired) electrons. The number of nitrogens with zero attached hydrogens (tertiary/aromatic N) is 2. The van der Waals surface area contributed by atoms with Crippen molar-refractivity contribution in [2.75, 3.05) is 0 Å². The molecular formula is C16H10ClN3OS2. The lowest BCUT2D eigenvalue weighted by Gasteiger charge is -2.08. The van der Waals surface area contributed by atoms with Gasteiger partial charge in [-0.15, -0.1) is 11.3 Å². The van der Waals surface area contributed by atoms with Gasteiger partial charge in [-0.2, -0.15) is 0 Å². The molecule has 7 heteroatoms. The number of benzene rings is 1. The van der Waals surface area contributed by atoms with Crippen molar-refractivity contribution < 1.29 is 0 Å². The summed E-state index contributed by atoms with van der Waals surface area (Å²) < 4.78 is 2.54. The number of halogens is 1. The molecule has 3 heterocycles. The Morgan fingerprint density at radius 1 is 1.26 bits per heavy atom. The van der Waals surface area contributed by atoms with Crippen molar-refractivity contribution >= 4 is 55.6 Å². The standard InChI is InChI=1S/C16H10ClN3OS2/c17-11-6-2-1-4-9(11)8-20-15(21)13-12(19-16(20)22)10-5-3-7-18-14(10)23-13/h1-7H,8H2,(H,19,22). The van der Waals surface area contributed by atoms with E-state index < -0.39 is 0 Å². The quantitative estimate of drug-likeness (QED) is 0.541. The van der Waals surface area contributed by atoms with Crippen LogP contribution in [0.5, 0.6) is 0 Å². The molecular weight excluding hydrogens is 350 g/mol. The first kappa shape index (κ1) is 14.6. The third kappa shape index (κ3) is 2.39. The van der Waals surface area contributed by atoms with E-state index in [0.29, 0.717) is 21.0 Å².